The van der Waals surface area contributed by atoms with Crippen molar-refractivity contribution in [1.82, 2.24) is 19.2 Å². The Morgan fingerprint density at radius 2 is 1.37 bits per heavy atom. The van der Waals surface area contributed by atoms with Crippen LogP contribution in [0.25, 0.3) is 28.0 Å². The fourth-order valence-electron chi connectivity index (χ4n) is 6.25. The molecule has 0 aliphatic carbocycles. The molecule has 0 unspecified atom stereocenters. The number of nitrogens with zero attached hydrogens (tertiary/aromatic N) is 4. The minimum atomic E-state index is -0.741. The highest BCUT2D eigenvalue weighted by Gasteiger charge is 2.39. The normalized spacial score (nSPS) is 11.5. The second-order valence-corrected chi connectivity index (χ2v) is 11.1. The molecule has 0 amide bonds. The van der Waals surface area contributed by atoms with Crippen LogP contribution >= 0.6 is 0 Å². The molecule has 7 rings (SSSR count). The SMILES string of the molecule is CCOC(=O)c1ccc(-c2cnc3ccc(-c4cn(C(c5ccccc5)(c5ccccc5)c5ccccc5)nc4C)cn23)cc1F. The number of pyridine rings is 1. The predicted octanol–water partition coefficient (Wildman–Crippen LogP) is 8.33. The van der Waals surface area contributed by atoms with Crippen LogP contribution < -0.4 is 0 Å². The van der Waals surface area contributed by atoms with E-state index in [1.807, 2.05) is 47.9 Å². The summed E-state index contributed by atoms with van der Waals surface area (Å²) in [4.78, 5) is 16.7. The topological polar surface area (TPSA) is 61.4 Å². The lowest BCUT2D eigenvalue weighted by atomic mass is 9.77. The first-order valence-electron chi connectivity index (χ1n) is 15.2. The number of hydrogen-bond donors (Lipinski definition) is 0. The Bertz CT molecular complexity index is 2060. The van der Waals surface area contributed by atoms with Crippen molar-refractivity contribution in [3.05, 3.63) is 174 Å². The standard InChI is InChI=1S/C39H31FN4O2/c1-3-46-38(45)33-21-19-28(23-35(33)40)36-24-41-37-22-20-29(25-43(36)37)34-26-44(42-27(34)2)39(30-13-7-4-8-14-30,31-15-9-5-10-16-31)32-17-11-6-12-18-32/h4-26H,3H2,1-2H3. The lowest BCUT2D eigenvalue weighted by Crippen LogP contribution is -2.38. The van der Waals surface area contributed by atoms with Gasteiger partial charge in [-0.25, -0.2) is 14.2 Å². The third-order valence-electron chi connectivity index (χ3n) is 8.39. The number of hydrogen-bond acceptors (Lipinski definition) is 4. The summed E-state index contributed by atoms with van der Waals surface area (Å²) >= 11 is 0. The van der Waals surface area contributed by atoms with Crippen LogP contribution in [0, 0.1) is 12.7 Å². The van der Waals surface area contributed by atoms with Gasteiger partial charge >= 0.3 is 5.97 Å². The number of rotatable bonds is 8. The molecule has 3 aromatic heterocycles. The van der Waals surface area contributed by atoms with Crippen LogP contribution in [0.2, 0.25) is 0 Å². The number of imidazole rings is 1. The number of carbonyl (C=O) groups excluding carboxylic acids is 1. The second kappa shape index (κ2) is 11.9. The Labute approximate surface area is 266 Å². The second-order valence-electron chi connectivity index (χ2n) is 11.1. The lowest BCUT2D eigenvalue weighted by Gasteiger charge is -2.36. The molecule has 4 aromatic carbocycles. The Kier molecular flexibility index (Phi) is 7.50. The highest BCUT2D eigenvalue weighted by Crippen LogP contribution is 2.41. The van der Waals surface area contributed by atoms with Crippen molar-refractivity contribution in [2.45, 2.75) is 19.4 Å². The van der Waals surface area contributed by atoms with Gasteiger partial charge in [0.1, 0.15) is 17.0 Å². The Morgan fingerprint density at radius 3 is 1.93 bits per heavy atom. The molecule has 0 saturated carbocycles. The van der Waals surface area contributed by atoms with E-state index in [-0.39, 0.29) is 12.2 Å². The molecule has 0 N–H and O–H groups in total. The third-order valence-corrected chi connectivity index (χ3v) is 8.39. The summed E-state index contributed by atoms with van der Waals surface area (Å²) in [5.41, 5.74) is 7.17. The van der Waals surface area contributed by atoms with Crippen molar-refractivity contribution in [2.24, 2.45) is 0 Å². The van der Waals surface area contributed by atoms with Gasteiger partial charge in [-0.2, -0.15) is 5.10 Å². The van der Waals surface area contributed by atoms with Gasteiger partial charge in [-0.3, -0.25) is 9.08 Å². The number of aryl methyl sites for hydroxylation is 1. The number of halogens is 1. The largest absolute Gasteiger partial charge is 0.462 e. The number of esters is 1. The molecule has 0 atom stereocenters. The lowest BCUT2D eigenvalue weighted by molar-refractivity contribution is 0.0521. The number of ether oxygens (including phenoxy) is 1. The number of benzene rings is 4. The van der Waals surface area contributed by atoms with E-state index in [2.05, 4.69) is 88.7 Å². The molecule has 6 nitrogen and oxygen atoms in total. The van der Waals surface area contributed by atoms with E-state index < -0.39 is 17.3 Å². The van der Waals surface area contributed by atoms with Crippen molar-refractivity contribution in [2.75, 3.05) is 6.61 Å². The molecule has 0 spiro atoms. The van der Waals surface area contributed by atoms with Crippen molar-refractivity contribution in [1.29, 1.82) is 0 Å². The molecule has 0 aliphatic rings. The molecule has 226 valence electrons. The van der Waals surface area contributed by atoms with Gasteiger partial charge in [-0.1, -0.05) is 97.1 Å². The van der Waals surface area contributed by atoms with Gasteiger partial charge in [0.2, 0.25) is 0 Å². The van der Waals surface area contributed by atoms with Gasteiger partial charge in [0.15, 0.2) is 0 Å². The first kappa shape index (κ1) is 28.9. The monoisotopic (exact) mass is 606 g/mol. The Morgan fingerprint density at radius 1 is 0.783 bits per heavy atom. The summed E-state index contributed by atoms with van der Waals surface area (Å²) in [6.07, 6.45) is 5.81. The summed E-state index contributed by atoms with van der Waals surface area (Å²) in [6, 6.07) is 39.8. The van der Waals surface area contributed by atoms with Crippen LogP contribution in [-0.4, -0.2) is 31.7 Å². The summed E-state index contributed by atoms with van der Waals surface area (Å²) in [7, 11) is 0. The van der Waals surface area contributed by atoms with E-state index in [1.165, 1.54) is 12.1 Å². The molecular formula is C39H31FN4O2. The smallest absolute Gasteiger partial charge is 0.341 e. The first-order valence-corrected chi connectivity index (χ1v) is 15.2. The Balaban J connectivity index is 1.38. The van der Waals surface area contributed by atoms with E-state index in [0.717, 1.165) is 33.5 Å². The quantitative estimate of drug-likeness (QED) is 0.129. The van der Waals surface area contributed by atoms with E-state index >= 15 is 4.39 Å². The summed E-state index contributed by atoms with van der Waals surface area (Å²) in [5, 5.41) is 5.19. The molecule has 7 aromatic rings. The van der Waals surface area contributed by atoms with Gasteiger partial charge in [-0.15, -0.1) is 0 Å². The minimum absolute atomic E-state index is 0.0955. The van der Waals surface area contributed by atoms with Crippen LogP contribution in [0.4, 0.5) is 4.39 Å². The molecule has 7 heteroatoms. The summed E-state index contributed by atoms with van der Waals surface area (Å²) in [5.74, 6) is -1.32. The number of aromatic nitrogens is 4. The van der Waals surface area contributed by atoms with Gasteiger partial charge in [-0.05, 0) is 54.8 Å². The van der Waals surface area contributed by atoms with E-state index in [4.69, 9.17) is 9.84 Å². The van der Waals surface area contributed by atoms with Crippen LogP contribution in [0.15, 0.2) is 140 Å². The van der Waals surface area contributed by atoms with E-state index in [9.17, 15) is 4.79 Å². The van der Waals surface area contributed by atoms with E-state index in [1.54, 1.807) is 19.2 Å². The van der Waals surface area contributed by atoms with Crippen LogP contribution in [0.1, 0.15) is 39.7 Å². The zero-order valence-corrected chi connectivity index (χ0v) is 25.5. The highest BCUT2D eigenvalue weighted by atomic mass is 19.1. The molecule has 0 radical (unpaired) electrons. The van der Waals surface area contributed by atoms with Crippen LogP contribution in [0.5, 0.6) is 0 Å². The maximum absolute atomic E-state index is 15.0. The van der Waals surface area contributed by atoms with Crippen molar-refractivity contribution in [3.63, 3.8) is 0 Å². The molecule has 0 saturated heterocycles. The number of fused-ring (bicyclic) bond motifs is 1. The maximum Gasteiger partial charge on any atom is 0.341 e. The van der Waals surface area contributed by atoms with Crippen molar-refractivity contribution >= 4 is 11.6 Å². The summed E-state index contributed by atoms with van der Waals surface area (Å²) in [6.45, 7) is 3.88. The van der Waals surface area contributed by atoms with E-state index in [0.29, 0.717) is 16.9 Å². The fraction of sp³-hybridized carbons (Fsp3) is 0.103. The average Bonchev–Trinajstić information content (AvgIpc) is 3.70. The zero-order valence-electron chi connectivity index (χ0n) is 25.5. The molecule has 3 heterocycles. The molecule has 0 bridgehead atoms. The average molecular weight is 607 g/mol. The Hall–Kier alpha value is -5.82. The zero-order chi connectivity index (χ0) is 31.7. The highest BCUT2D eigenvalue weighted by molar-refractivity contribution is 5.90. The maximum atomic E-state index is 15.0. The van der Waals surface area contributed by atoms with Crippen molar-refractivity contribution in [3.8, 4) is 22.4 Å². The van der Waals surface area contributed by atoms with Gasteiger partial charge in [0, 0.05) is 29.1 Å². The van der Waals surface area contributed by atoms with Crippen molar-refractivity contribution < 1.29 is 13.9 Å². The van der Waals surface area contributed by atoms with Crippen LogP contribution in [-0.2, 0) is 10.3 Å². The minimum Gasteiger partial charge on any atom is -0.462 e. The third kappa shape index (κ3) is 4.86. The first-order chi connectivity index (χ1) is 22.5. The number of carbonyl (C=O) groups is 1. The van der Waals surface area contributed by atoms with Gasteiger partial charge < -0.3 is 4.74 Å². The van der Waals surface area contributed by atoms with Crippen LogP contribution in [0.3, 0.4) is 0 Å². The molecule has 0 fully saturated rings. The van der Waals surface area contributed by atoms with Gasteiger partial charge in [0.25, 0.3) is 0 Å². The fourth-order valence-corrected chi connectivity index (χ4v) is 6.25. The molecule has 0 aliphatic heterocycles. The summed E-state index contributed by atoms with van der Waals surface area (Å²) < 4.78 is 24.0. The van der Waals surface area contributed by atoms with Gasteiger partial charge in [0.05, 0.1) is 29.8 Å². The molecule has 46 heavy (non-hydrogen) atoms. The molecular weight excluding hydrogens is 575 g/mol. The predicted molar refractivity (Wildman–Crippen MR) is 177 cm³/mol.